The number of nitrogens with one attached hydrogen (secondary N) is 1. The molecule has 1 rings (SSSR count). The molecule has 1 N–H and O–H groups in total. The predicted octanol–water partition coefficient (Wildman–Crippen LogP) is 3.85. The van der Waals surface area contributed by atoms with Crippen LogP contribution in [0.3, 0.4) is 0 Å². The smallest absolute Gasteiger partial charge is 0.0694 e. The van der Waals surface area contributed by atoms with Crippen molar-refractivity contribution in [3.05, 3.63) is 17.5 Å². The van der Waals surface area contributed by atoms with E-state index in [4.69, 9.17) is 0 Å². The molecule has 0 saturated heterocycles. The van der Waals surface area contributed by atoms with Gasteiger partial charge in [-0.1, -0.05) is 47.0 Å². The number of aromatic nitrogens is 2. The first-order valence-electron chi connectivity index (χ1n) is 7.81. The van der Waals surface area contributed by atoms with E-state index in [0.717, 1.165) is 19.0 Å². The van der Waals surface area contributed by atoms with E-state index in [1.165, 1.54) is 36.9 Å². The first-order valence-corrected chi connectivity index (χ1v) is 7.81. The van der Waals surface area contributed by atoms with Gasteiger partial charge < -0.3 is 5.32 Å². The van der Waals surface area contributed by atoms with E-state index in [9.17, 15) is 0 Å². The molecule has 0 radical (unpaired) electrons. The van der Waals surface area contributed by atoms with Crippen molar-refractivity contribution >= 4 is 0 Å². The molecule has 0 aliphatic heterocycles. The van der Waals surface area contributed by atoms with Crippen LogP contribution >= 0.6 is 0 Å². The van der Waals surface area contributed by atoms with E-state index in [1.54, 1.807) is 0 Å². The molecule has 0 aliphatic carbocycles. The van der Waals surface area contributed by atoms with Crippen LogP contribution in [-0.4, -0.2) is 16.3 Å². The summed E-state index contributed by atoms with van der Waals surface area (Å²) in [6.45, 7) is 11.1. The molecule has 1 unspecified atom stereocenters. The molecule has 1 aromatic rings. The van der Waals surface area contributed by atoms with E-state index in [-0.39, 0.29) is 0 Å². The molecule has 0 fully saturated rings. The van der Waals surface area contributed by atoms with Crippen LogP contribution in [0.5, 0.6) is 0 Å². The third kappa shape index (κ3) is 5.35. The molecular weight excluding hydrogens is 234 g/mol. The van der Waals surface area contributed by atoms with Crippen LogP contribution in [-0.2, 0) is 13.6 Å². The highest BCUT2D eigenvalue weighted by atomic mass is 15.3. The number of hydrogen-bond donors (Lipinski definition) is 1. The molecule has 0 spiro atoms. The summed E-state index contributed by atoms with van der Waals surface area (Å²) in [4.78, 5) is 0. The van der Waals surface area contributed by atoms with Gasteiger partial charge in [0.2, 0.25) is 0 Å². The summed E-state index contributed by atoms with van der Waals surface area (Å²) < 4.78 is 1.93. The van der Waals surface area contributed by atoms with Crippen LogP contribution in [0.2, 0.25) is 0 Å². The molecule has 1 heterocycles. The van der Waals surface area contributed by atoms with E-state index >= 15 is 0 Å². The Labute approximate surface area is 118 Å². The van der Waals surface area contributed by atoms with Gasteiger partial charge in [0.1, 0.15) is 0 Å². The normalized spacial score (nSPS) is 13.2. The van der Waals surface area contributed by atoms with E-state index < -0.39 is 0 Å². The second-order valence-electron chi connectivity index (χ2n) is 5.92. The molecule has 0 saturated carbocycles. The minimum atomic E-state index is 0.500. The van der Waals surface area contributed by atoms with Crippen molar-refractivity contribution in [2.45, 2.75) is 65.8 Å². The summed E-state index contributed by atoms with van der Waals surface area (Å²) in [6, 6.07) is 0. The third-order valence-electron chi connectivity index (χ3n) is 3.78. The van der Waals surface area contributed by atoms with Gasteiger partial charge in [-0.05, 0) is 24.8 Å². The van der Waals surface area contributed by atoms with E-state index in [2.05, 4.69) is 44.3 Å². The van der Waals surface area contributed by atoms with Crippen LogP contribution in [0.4, 0.5) is 0 Å². The SMILES string of the molecule is CCCCC(CC)CNCc1cn(C)nc1C(C)C. The molecule has 3 nitrogen and oxygen atoms in total. The Balaban J connectivity index is 2.43. The van der Waals surface area contributed by atoms with Gasteiger partial charge in [-0.3, -0.25) is 4.68 Å². The molecule has 0 bridgehead atoms. The fraction of sp³-hybridized carbons (Fsp3) is 0.812. The summed E-state index contributed by atoms with van der Waals surface area (Å²) in [5, 5.41) is 8.17. The maximum Gasteiger partial charge on any atom is 0.0694 e. The van der Waals surface area contributed by atoms with Gasteiger partial charge in [-0.15, -0.1) is 0 Å². The van der Waals surface area contributed by atoms with Crippen molar-refractivity contribution in [1.29, 1.82) is 0 Å². The average Bonchev–Trinajstić information content (AvgIpc) is 2.75. The van der Waals surface area contributed by atoms with Crippen LogP contribution in [0, 0.1) is 5.92 Å². The first kappa shape index (κ1) is 16.2. The summed E-state index contributed by atoms with van der Waals surface area (Å²) in [5.41, 5.74) is 2.58. The molecule has 0 aliphatic rings. The molecular formula is C16H31N3. The van der Waals surface area contributed by atoms with Crippen molar-refractivity contribution < 1.29 is 0 Å². The highest BCUT2D eigenvalue weighted by Crippen LogP contribution is 2.17. The maximum atomic E-state index is 4.55. The minimum absolute atomic E-state index is 0.500. The quantitative estimate of drug-likeness (QED) is 0.735. The lowest BCUT2D eigenvalue weighted by Gasteiger charge is -2.15. The van der Waals surface area contributed by atoms with Crippen molar-refractivity contribution in [3.8, 4) is 0 Å². The second-order valence-corrected chi connectivity index (χ2v) is 5.92. The highest BCUT2D eigenvalue weighted by molar-refractivity contribution is 5.19. The monoisotopic (exact) mass is 265 g/mol. The first-order chi connectivity index (χ1) is 9.08. The van der Waals surface area contributed by atoms with Gasteiger partial charge in [0.15, 0.2) is 0 Å². The summed E-state index contributed by atoms with van der Waals surface area (Å²) >= 11 is 0. The lowest BCUT2D eigenvalue weighted by Crippen LogP contribution is -2.22. The molecule has 1 aromatic heterocycles. The van der Waals surface area contributed by atoms with Crippen molar-refractivity contribution in [3.63, 3.8) is 0 Å². The Kier molecular flexibility index (Phi) is 7.14. The van der Waals surface area contributed by atoms with Gasteiger partial charge in [-0.25, -0.2) is 0 Å². The lowest BCUT2D eigenvalue weighted by atomic mass is 9.99. The van der Waals surface area contributed by atoms with Crippen molar-refractivity contribution in [2.75, 3.05) is 6.54 Å². The lowest BCUT2D eigenvalue weighted by molar-refractivity contribution is 0.419. The molecule has 0 amide bonds. The van der Waals surface area contributed by atoms with Gasteiger partial charge in [0, 0.05) is 25.4 Å². The Morgan fingerprint density at radius 1 is 1.32 bits per heavy atom. The van der Waals surface area contributed by atoms with E-state index in [0.29, 0.717) is 5.92 Å². The fourth-order valence-electron chi connectivity index (χ4n) is 2.53. The van der Waals surface area contributed by atoms with Crippen LogP contribution in [0.15, 0.2) is 6.20 Å². The van der Waals surface area contributed by atoms with Gasteiger partial charge in [0.05, 0.1) is 5.69 Å². The Morgan fingerprint density at radius 3 is 2.63 bits per heavy atom. The number of nitrogens with zero attached hydrogens (tertiary/aromatic N) is 2. The van der Waals surface area contributed by atoms with Crippen molar-refractivity contribution in [1.82, 2.24) is 15.1 Å². The van der Waals surface area contributed by atoms with Gasteiger partial charge in [-0.2, -0.15) is 5.10 Å². The second kappa shape index (κ2) is 8.36. The topological polar surface area (TPSA) is 29.9 Å². The third-order valence-corrected chi connectivity index (χ3v) is 3.78. The predicted molar refractivity (Wildman–Crippen MR) is 82.3 cm³/mol. The maximum absolute atomic E-state index is 4.55. The molecule has 19 heavy (non-hydrogen) atoms. The number of rotatable bonds is 9. The minimum Gasteiger partial charge on any atom is -0.312 e. The average molecular weight is 265 g/mol. The van der Waals surface area contributed by atoms with Crippen LogP contribution in [0.25, 0.3) is 0 Å². The standard InChI is InChI=1S/C16H31N3/c1-6-8-9-14(7-2)10-17-11-15-12-19(5)18-16(15)13(3)4/h12-14,17H,6-11H2,1-5H3. The highest BCUT2D eigenvalue weighted by Gasteiger charge is 2.11. The number of unbranched alkanes of at least 4 members (excludes halogenated alkanes) is 1. The summed E-state index contributed by atoms with van der Waals surface area (Å²) in [6.07, 6.45) is 7.43. The van der Waals surface area contributed by atoms with E-state index in [1.807, 2.05) is 11.7 Å². The molecule has 3 heteroatoms. The number of hydrogen-bond acceptors (Lipinski definition) is 2. The fourth-order valence-corrected chi connectivity index (χ4v) is 2.53. The zero-order valence-electron chi connectivity index (χ0n) is 13.4. The molecule has 1 atom stereocenters. The zero-order valence-corrected chi connectivity index (χ0v) is 13.4. The summed E-state index contributed by atoms with van der Waals surface area (Å²) in [5.74, 6) is 1.32. The Hall–Kier alpha value is -0.830. The summed E-state index contributed by atoms with van der Waals surface area (Å²) in [7, 11) is 2.01. The largest absolute Gasteiger partial charge is 0.312 e. The Morgan fingerprint density at radius 2 is 2.05 bits per heavy atom. The molecule has 110 valence electrons. The van der Waals surface area contributed by atoms with Crippen LogP contribution in [0.1, 0.15) is 70.6 Å². The van der Waals surface area contributed by atoms with Crippen molar-refractivity contribution in [2.24, 2.45) is 13.0 Å². The molecule has 0 aromatic carbocycles. The number of aryl methyl sites for hydroxylation is 1. The van der Waals surface area contributed by atoms with Gasteiger partial charge >= 0.3 is 0 Å². The van der Waals surface area contributed by atoms with Gasteiger partial charge in [0.25, 0.3) is 0 Å². The zero-order chi connectivity index (χ0) is 14.3. The van der Waals surface area contributed by atoms with Crippen LogP contribution < -0.4 is 5.32 Å². The Bertz CT molecular complexity index is 355.